The molecule has 7 nitrogen and oxygen atoms in total. The summed E-state index contributed by atoms with van der Waals surface area (Å²) >= 11 is 0. The van der Waals surface area contributed by atoms with E-state index in [0.29, 0.717) is 39.1 Å². The molecule has 54 heavy (non-hydrogen) atoms. The number of rotatable bonds is 42. The van der Waals surface area contributed by atoms with E-state index in [0.717, 1.165) is 83.6 Å². The van der Waals surface area contributed by atoms with Gasteiger partial charge >= 0.3 is 11.9 Å². The molecule has 0 bridgehead atoms. The van der Waals surface area contributed by atoms with Crippen molar-refractivity contribution in [3.8, 4) is 0 Å². The van der Waals surface area contributed by atoms with E-state index in [1.165, 1.54) is 103 Å². The Morgan fingerprint density at radius 1 is 0.519 bits per heavy atom. The molecule has 0 saturated heterocycles. The number of esters is 2. The fourth-order valence-corrected chi connectivity index (χ4v) is 7.28. The molecule has 0 aliphatic heterocycles. The van der Waals surface area contributed by atoms with Gasteiger partial charge in [-0.25, -0.2) is 0 Å². The average Bonchev–Trinajstić information content (AvgIpc) is 3.17. The first-order valence-corrected chi connectivity index (χ1v) is 23.4. The summed E-state index contributed by atoms with van der Waals surface area (Å²) in [6.07, 6.45) is 36.6. The Morgan fingerprint density at radius 2 is 0.926 bits per heavy atom. The highest BCUT2D eigenvalue weighted by atomic mass is 16.5. The summed E-state index contributed by atoms with van der Waals surface area (Å²) in [7, 11) is 0. The number of nitrogens with zero attached hydrogens (tertiary/aromatic N) is 1. The van der Waals surface area contributed by atoms with Crippen molar-refractivity contribution in [2.24, 2.45) is 11.8 Å². The van der Waals surface area contributed by atoms with Crippen molar-refractivity contribution in [2.45, 2.75) is 226 Å². The van der Waals surface area contributed by atoms with Gasteiger partial charge in [0.05, 0.1) is 31.2 Å². The quantitative estimate of drug-likeness (QED) is 0.0363. The number of carbonyl (C=O) groups excluding carboxylic acids is 2. The standard InChI is InChI=1S/C47H91NO6/c1-5-9-13-17-19-25-34-43(32-23-15-11-7-3)46(51)53-40-29-22-21-28-37-48(38-31-39-49)42-45(50)36-27-30-41-54-47(52)44(33-24-16-12-8-4)35-26-20-18-14-10-6-2/h21,28,43-45,49-50H,5-20,22-27,29-42H2,1-4H3/b28-21+/t43?,44?,45-/m1/s1. The van der Waals surface area contributed by atoms with E-state index in [1.807, 2.05) is 0 Å². The number of carbonyl (C=O) groups is 2. The van der Waals surface area contributed by atoms with Gasteiger partial charge in [-0.3, -0.25) is 14.5 Å². The van der Waals surface area contributed by atoms with E-state index in [2.05, 4.69) is 44.7 Å². The van der Waals surface area contributed by atoms with Crippen LogP contribution in [0, 0.1) is 11.8 Å². The van der Waals surface area contributed by atoms with Crippen molar-refractivity contribution >= 4 is 11.9 Å². The van der Waals surface area contributed by atoms with Gasteiger partial charge in [0.15, 0.2) is 0 Å². The van der Waals surface area contributed by atoms with Crippen LogP contribution in [0.25, 0.3) is 0 Å². The number of allylic oxidation sites excluding steroid dienone is 1. The van der Waals surface area contributed by atoms with Crippen LogP contribution in [0.4, 0.5) is 0 Å². The number of hydrogen-bond acceptors (Lipinski definition) is 7. The molecule has 0 aliphatic carbocycles. The molecular weight excluding hydrogens is 675 g/mol. The van der Waals surface area contributed by atoms with Gasteiger partial charge in [-0.1, -0.05) is 168 Å². The molecular formula is C47H91NO6. The van der Waals surface area contributed by atoms with Crippen LogP contribution in [0.2, 0.25) is 0 Å². The summed E-state index contributed by atoms with van der Waals surface area (Å²) in [5.41, 5.74) is 0. The monoisotopic (exact) mass is 766 g/mol. The van der Waals surface area contributed by atoms with Gasteiger partial charge in [0.2, 0.25) is 0 Å². The lowest BCUT2D eigenvalue weighted by molar-refractivity contribution is -0.150. The lowest BCUT2D eigenvalue weighted by Crippen LogP contribution is -2.34. The van der Waals surface area contributed by atoms with Gasteiger partial charge < -0.3 is 19.7 Å². The highest BCUT2D eigenvalue weighted by Gasteiger charge is 2.20. The first-order valence-electron chi connectivity index (χ1n) is 23.4. The van der Waals surface area contributed by atoms with E-state index in [4.69, 9.17) is 9.47 Å². The molecule has 0 aromatic rings. The van der Waals surface area contributed by atoms with Gasteiger partial charge in [0.1, 0.15) is 0 Å². The molecule has 2 unspecified atom stereocenters. The van der Waals surface area contributed by atoms with Gasteiger partial charge in [0, 0.05) is 26.2 Å². The molecule has 0 rings (SSSR count). The second-order valence-electron chi connectivity index (χ2n) is 16.1. The molecule has 2 N–H and O–H groups in total. The SMILES string of the molecule is CCCCCCCCC(CCCCCC)C(=O)OCCC/C=C/CN(CCCO)C[C@H](O)CCCCOC(=O)C(CCCCCC)CCCCCCCC. The predicted molar refractivity (Wildman–Crippen MR) is 229 cm³/mol. The van der Waals surface area contributed by atoms with Crippen molar-refractivity contribution in [3.63, 3.8) is 0 Å². The zero-order valence-electron chi connectivity index (χ0n) is 36.3. The van der Waals surface area contributed by atoms with Crippen LogP contribution in [0.5, 0.6) is 0 Å². The molecule has 320 valence electrons. The Bertz CT molecular complexity index is 835. The molecule has 3 atom stereocenters. The fourth-order valence-electron chi connectivity index (χ4n) is 7.28. The van der Waals surface area contributed by atoms with Crippen LogP contribution in [0.15, 0.2) is 12.2 Å². The van der Waals surface area contributed by atoms with Gasteiger partial charge in [-0.05, 0) is 64.2 Å². The molecule has 0 spiro atoms. The van der Waals surface area contributed by atoms with Crippen molar-refractivity contribution in [2.75, 3.05) is 39.5 Å². The highest BCUT2D eigenvalue weighted by Crippen LogP contribution is 2.22. The van der Waals surface area contributed by atoms with E-state index < -0.39 is 6.10 Å². The van der Waals surface area contributed by atoms with Crippen LogP contribution < -0.4 is 0 Å². The molecule has 0 saturated carbocycles. The molecule has 0 aromatic heterocycles. The molecule has 0 aliphatic rings. The second kappa shape index (κ2) is 41.2. The Morgan fingerprint density at radius 3 is 1.39 bits per heavy atom. The minimum atomic E-state index is -0.461. The zero-order valence-corrected chi connectivity index (χ0v) is 36.3. The fraction of sp³-hybridized carbons (Fsp3) is 0.915. The third-order valence-corrected chi connectivity index (χ3v) is 10.9. The third-order valence-electron chi connectivity index (χ3n) is 10.9. The average molecular weight is 766 g/mol. The number of aliphatic hydroxyl groups is 2. The molecule has 0 aromatic carbocycles. The Labute approximate surface area is 335 Å². The van der Waals surface area contributed by atoms with Crippen LogP contribution in [-0.2, 0) is 19.1 Å². The number of unbranched alkanes of at least 4 members (excludes halogenated alkanes) is 18. The topological polar surface area (TPSA) is 96.3 Å². The summed E-state index contributed by atoms with van der Waals surface area (Å²) < 4.78 is 11.5. The Balaban J connectivity index is 4.50. The van der Waals surface area contributed by atoms with Crippen molar-refractivity contribution in [1.29, 1.82) is 0 Å². The van der Waals surface area contributed by atoms with Crippen molar-refractivity contribution in [3.05, 3.63) is 12.2 Å². The van der Waals surface area contributed by atoms with E-state index >= 15 is 0 Å². The molecule has 0 amide bonds. The summed E-state index contributed by atoms with van der Waals surface area (Å²) in [4.78, 5) is 28.1. The number of hydrogen-bond donors (Lipinski definition) is 2. The molecule has 7 heteroatoms. The largest absolute Gasteiger partial charge is 0.465 e. The van der Waals surface area contributed by atoms with Crippen molar-refractivity contribution in [1.82, 2.24) is 4.90 Å². The Hall–Kier alpha value is -1.44. The van der Waals surface area contributed by atoms with Gasteiger partial charge in [-0.15, -0.1) is 0 Å². The Kier molecular flexibility index (Phi) is 40.1. The lowest BCUT2D eigenvalue weighted by atomic mass is 9.94. The molecule has 0 heterocycles. The summed E-state index contributed by atoms with van der Waals surface area (Å²) in [6, 6.07) is 0. The van der Waals surface area contributed by atoms with Crippen LogP contribution in [0.1, 0.15) is 220 Å². The predicted octanol–water partition coefficient (Wildman–Crippen LogP) is 12.3. The maximum Gasteiger partial charge on any atom is 0.308 e. The summed E-state index contributed by atoms with van der Waals surface area (Å²) in [5.74, 6) is 0.0457. The van der Waals surface area contributed by atoms with Crippen LogP contribution in [0.3, 0.4) is 0 Å². The molecule has 0 radical (unpaired) electrons. The van der Waals surface area contributed by atoms with E-state index in [9.17, 15) is 19.8 Å². The minimum Gasteiger partial charge on any atom is -0.465 e. The lowest BCUT2D eigenvalue weighted by Gasteiger charge is -2.23. The number of ether oxygens (including phenoxy) is 2. The van der Waals surface area contributed by atoms with Crippen LogP contribution >= 0.6 is 0 Å². The third kappa shape index (κ3) is 33.9. The van der Waals surface area contributed by atoms with Gasteiger partial charge in [0.25, 0.3) is 0 Å². The zero-order chi connectivity index (χ0) is 39.7. The normalized spacial score (nSPS) is 13.5. The van der Waals surface area contributed by atoms with Gasteiger partial charge in [-0.2, -0.15) is 0 Å². The maximum atomic E-state index is 13.0. The van der Waals surface area contributed by atoms with E-state index in [1.54, 1.807) is 0 Å². The number of aliphatic hydroxyl groups excluding tert-OH is 2. The summed E-state index contributed by atoms with van der Waals surface area (Å²) in [5, 5.41) is 20.2. The minimum absolute atomic E-state index is 0.00291. The molecule has 0 fully saturated rings. The second-order valence-corrected chi connectivity index (χ2v) is 16.1. The van der Waals surface area contributed by atoms with Crippen molar-refractivity contribution < 1.29 is 29.3 Å². The highest BCUT2D eigenvalue weighted by molar-refractivity contribution is 5.72. The smallest absolute Gasteiger partial charge is 0.308 e. The van der Waals surface area contributed by atoms with Crippen LogP contribution in [-0.4, -0.2) is 72.6 Å². The first kappa shape index (κ1) is 52.6. The maximum absolute atomic E-state index is 13.0. The van der Waals surface area contributed by atoms with E-state index in [-0.39, 0.29) is 30.4 Å². The first-order chi connectivity index (χ1) is 26.4. The summed E-state index contributed by atoms with van der Waals surface area (Å²) in [6.45, 7) is 11.9.